The molecule has 1 N–H and O–H groups in total. The first-order valence-electron chi connectivity index (χ1n) is 4.31. The van der Waals surface area contributed by atoms with Gasteiger partial charge in [0, 0.05) is 25.6 Å². The number of ketones is 1. The SMILES string of the molecule is CC(=O)c1c(O)n(C(C)=O)n(C(C)=O)[n+]1=O. The highest BCUT2D eigenvalue weighted by molar-refractivity contribution is 5.94. The second-order valence-electron chi connectivity index (χ2n) is 3.14. The van der Waals surface area contributed by atoms with Crippen molar-refractivity contribution in [3.05, 3.63) is 10.6 Å². The van der Waals surface area contributed by atoms with E-state index in [1.165, 1.54) is 0 Å². The smallest absolute Gasteiger partial charge is 0.368 e. The van der Waals surface area contributed by atoms with Gasteiger partial charge in [-0.3, -0.25) is 9.59 Å². The van der Waals surface area contributed by atoms with Gasteiger partial charge in [0.25, 0.3) is 0 Å². The highest BCUT2D eigenvalue weighted by atomic mass is 16.3. The molecular formula is C8H10N3O5+. The number of rotatable bonds is 1. The summed E-state index contributed by atoms with van der Waals surface area (Å²) in [6.45, 7) is 3.11. The van der Waals surface area contributed by atoms with Gasteiger partial charge in [-0.2, -0.15) is 0 Å². The molecule has 0 spiro atoms. The summed E-state index contributed by atoms with van der Waals surface area (Å²) >= 11 is 0. The Bertz CT molecular complexity index is 551. The summed E-state index contributed by atoms with van der Waals surface area (Å²) in [6.07, 6.45) is 0. The quantitative estimate of drug-likeness (QED) is 0.512. The van der Waals surface area contributed by atoms with Gasteiger partial charge < -0.3 is 5.11 Å². The van der Waals surface area contributed by atoms with Crippen molar-refractivity contribution in [1.29, 1.82) is 0 Å². The van der Waals surface area contributed by atoms with Crippen LogP contribution in [0.1, 0.15) is 40.8 Å². The van der Waals surface area contributed by atoms with Gasteiger partial charge in [-0.15, -0.1) is 0 Å². The molecule has 0 bridgehead atoms. The van der Waals surface area contributed by atoms with E-state index in [1.807, 2.05) is 0 Å². The van der Waals surface area contributed by atoms with Crippen LogP contribution in [0.25, 0.3) is 0 Å². The molecule has 1 aromatic rings. The second-order valence-corrected chi connectivity index (χ2v) is 3.14. The number of aromatic nitrogens is 3. The van der Waals surface area contributed by atoms with Gasteiger partial charge in [-0.1, -0.05) is 0 Å². The average Bonchev–Trinajstić information content (AvgIpc) is 2.36. The summed E-state index contributed by atoms with van der Waals surface area (Å²) < 4.78 is 0.327. The van der Waals surface area contributed by atoms with Crippen molar-refractivity contribution in [3.63, 3.8) is 0 Å². The zero-order valence-corrected chi connectivity index (χ0v) is 8.92. The Morgan fingerprint density at radius 1 is 1.12 bits per heavy atom. The fourth-order valence-electron chi connectivity index (χ4n) is 1.29. The lowest BCUT2D eigenvalue weighted by Crippen LogP contribution is -2.39. The van der Waals surface area contributed by atoms with E-state index in [9.17, 15) is 24.4 Å². The van der Waals surface area contributed by atoms with Gasteiger partial charge in [-0.05, 0) is 9.59 Å². The molecule has 0 aliphatic carbocycles. The Labute approximate surface area is 89.3 Å². The van der Waals surface area contributed by atoms with Gasteiger partial charge in [-0.25, -0.2) is 4.79 Å². The van der Waals surface area contributed by atoms with E-state index in [-0.39, 0.29) is 4.54 Å². The fraction of sp³-hybridized carbons (Fsp3) is 0.375. The molecule has 0 unspecified atom stereocenters. The normalized spacial score (nSPS) is 10.2. The minimum atomic E-state index is -0.842. The minimum Gasteiger partial charge on any atom is -0.473 e. The lowest BCUT2D eigenvalue weighted by molar-refractivity contribution is -0.588. The van der Waals surface area contributed by atoms with Crippen LogP contribution in [-0.4, -0.2) is 32.2 Å². The Kier molecular flexibility index (Phi) is 2.75. The van der Waals surface area contributed by atoms with Crippen LogP contribution in [0.5, 0.6) is 5.88 Å². The lowest BCUT2D eigenvalue weighted by atomic mass is 10.3. The molecule has 0 saturated carbocycles. The monoisotopic (exact) mass is 228 g/mol. The van der Waals surface area contributed by atoms with Gasteiger partial charge in [0.2, 0.25) is 5.78 Å². The van der Waals surface area contributed by atoms with Crippen molar-refractivity contribution in [3.8, 4) is 5.88 Å². The van der Waals surface area contributed by atoms with E-state index in [4.69, 9.17) is 0 Å². The van der Waals surface area contributed by atoms with Crippen molar-refractivity contribution >= 4 is 17.6 Å². The predicted molar refractivity (Wildman–Crippen MR) is 50.1 cm³/mol. The van der Waals surface area contributed by atoms with Gasteiger partial charge in [0.05, 0.1) is 0 Å². The van der Waals surface area contributed by atoms with E-state index in [2.05, 4.69) is 0 Å². The Morgan fingerprint density at radius 3 is 1.88 bits per heavy atom. The van der Waals surface area contributed by atoms with E-state index < -0.39 is 29.2 Å². The van der Waals surface area contributed by atoms with Gasteiger partial charge in [0.1, 0.15) is 4.54 Å². The molecule has 0 atom stereocenters. The molecule has 1 heterocycles. The fourth-order valence-corrected chi connectivity index (χ4v) is 1.29. The average molecular weight is 228 g/mol. The highest BCUT2D eigenvalue weighted by Gasteiger charge is 2.35. The maximum absolute atomic E-state index is 11.5. The van der Waals surface area contributed by atoms with Crippen LogP contribution in [0, 0.1) is 4.91 Å². The van der Waals surface area contributed by atoms with Crippen LogP contribution < -0.4 is 4.54 Å². The van der Waals surface area contributed by atoms with E-state index in [1.54, 1.807) is 0 Å². The summed E-state index contributed by atoms with van der Waals surface area (Å²) in [5, 5.41) is 9.51. The first-order chi connectivity index (χ1) is 7.29. The maximum Gasteiger partial charge on any atom is 0.368 e. The summed E-state index contributed by atoms with van der Waals surface area (Å²) in [4.78, 5) is 45.2. The third-order valence-corrected chi connectivity index (χ3v) is 1.88. The van der Waals surface area contributed by atoms with Crippen LogP contribution in [0.15, 0.2) is 0 Å². The maximum atomic E-state index is 11.5. The molecule has 1 aromatic heterocycles. The van der Waals surface area contributed by atoms with Gasteiger partial charge >= 0.3 is 23.4 Å². The van der Waals surface area contributed by atoms with E-state index >= 15 is 0 Å². The van der Waals surface area contributed by atoms with E-state index in [0.717, 1.165) is 20.8 Å². The number of Topliss-reactive ketones (excluding diaryl/α,β-unsaturated/α-hetero) is 1. The Hall–Kier alpha value is -2.25. The number of carbonyl (C=O) groups is 3. The largest absolute Gasteiger partial charge is 0.473 e. The summed E-state index contributed by atoms with van der Waals surface area (Å²) in [6, 6.07) is 0. The number of nitrogens with zero attached hydrogens (tertiary/aromatic N) is 3. The molecule has 0 fully saturated rings. The summed E-state index contributed by atoms with van der Waals surface area (Å²) in [5.41, 5.74) is -0.648. The number of hydrogen-bond acceptors (Lipinski definition) is 5. The zero-order chi connectivity index (χ0) is 12.6. The number of carbonyl (C=O) groups excluding carboxylic acids is 3. The lowest BCUT2D eigenvalue weighted by Gasteiger charge is -1.92. The van der Waals surface area contributed by atoms with Crippen molar-refractivity contribution in [2.45, 2.75) is 20.8 Å². The van der Waals surface area contributed by atoms with Crippen LogP contribution in [0.4, 0.5) is 0 Å². The molecule has 1 rings (SSSR count). The topological polar surface area (TPSA) is 104 Å². The molecule has 0 aromatic carbocycles. The van der Waals surface area contributed by atoms with Crippen LogP contribution in [0.2, 0.25) is 0 Å². The van der Waals surface area contributed by atoms with Crippen LogP contribution in [0.3, 0.4) is 0 Å². The summed E-state index contributed by atoms with van der Waals surface area (Å²) in [7, 11) is 0. The zero-order valence-electron chi connectivity index (χ0n) is 8.92. The van der Waals surface area contributed by atoms with Crippen molar-refractivity contribution in [2.75, 3.05) is 0 Å². The van der Waals surface area contributed by atoms with Crippen molar-refractivity contribution in [1.82, 2.24) is 9.48 Å². The van der Waals surface area contributed by atoms with E-state index in [0.29, 0.717) is 9.48 Å². The van der Waals surface area contributed by atoms with Crippen molar-refractivity contribution in [2.24, 2.45) is 0 Å². The van der Waals surface area contributed by atoms with Crippen LogP contribution in [-0.2, 0) is 0 Å². The highest BCUT2D eigenvalue weighted by Crippen LogP contribution is 2.13. The van der Waals surface area contributed by atoms with Crippen LogP contribution >= 0.6 is 0 Å². The molecule has 86 valence electrons. The predicted octanol–water partition coefficient (Wildman–Crippen LogP) is -0.568. The first kappa shape index (κ1) is 11.8. The first-order valence-corrected chi connectivity index (χ1v) is 4.31. The molecule has 0 aliphatic rings. The molecule has 8 heteroatoms. The summed E-state index contributed by atoms with van der Waals surface area (Å²) in [5.74, 6) is -3.15. The molecule has 0 radical (unpaired) electrons. The molecule has 16 heavy (non-hydrogen) atoms. The number of aromatic hydroxyl groups is 1. The molecule has 8 nitrogen and oxygen atoms in total. The van der Waals surface area contributed by atoms with Gasteiger partial charge in [0.15, 0.2) is 0 Å². The molecule has 0 saturated heterocycles. The molecule has 0 aliphatic heterocycles. The molecule has 0 amide bonds. The Morgan fingerprint density at radius 2 is 1.62 bits per heavy atom. The Balaban J connectivity index is 3.81. The van der Waals surface area contributed by atoms with Crippen molar-refractivity contribution < 1.29 is 24.0 Å². The molecular weight excluding hydrogens is 218 g/mol. The number of hydrogen-bond donors (Lipinski definition) is 1. The standard InChI is InChI=1S/C8H9N3O5/c1-4(12)7-8(15)9(5(2)13)10(6(3)14)11(7)16/h1-3H3/p+1. The third-order valence-electron chi connectivity index (χ3n) is 1.88. The third kappa shape index (κ3) is 1.53. The minimum absolute atomic E-state index is 0.110. The second kappa shape index (κ2) is 3.72.